The topological polar surface area (TPSA) is 73.1 Å². The fourth-order valence-electron chi connectivity index (χ4n) is 2.62. The lowest BCUT2D eigenvalue weighted by Crippen LogP contribution is -2.27. The summed E-state index contributed by atoms with van der Waals surface area (Å²) in [4.78, 5) is 14.2. The molecule has 0 atom stereocenters. The van der Waals surface area contributed by atoms with Crippen LogP contribution in [0.3, 0.4) is 0 Å². The molecule has 9 heteroatoms. The second kappa shape index (κ2) is 9.07. The highest BCUT2D eigenvalue weighted by Crippen LogP contribution is 2.27. The molecule has 2 aromatic carbocycles. The minimum atomic E-state index is -0.0317. The molecule has 1 amide bonds. The van der Waals surface area contributed by atoms with Crippen molar-refractivity contribution in [3.8, 4) is 11.4 Å². The molecule has 7 nitrogen and oxygen atoms in total. The number of carbonyl (C=O) groups excluding carboxylic acids is 1. The van der Waals surface area contributed by atoms with Crippen LogP contribution >= 0.6 is 23.4 Å². The molecule has 28 heavy (non-hydrogen) atoms. The number of aromatic nitrogens is 4. The molecule has 0 unspecified atom stereocenters. The number of rotatable bonds is 7. The van der Waals surface area contributed by atoms with E-state index in [1.54, 1.807) is 23.7 Å². The van der Waals surface area contributed by atoms with Crippen molar-refractivity contribution in [2.75, 3.05) is 19.9 Å². The van der Waals surface area contributed by atoms with Crippen LogP contribution in [0.4, 0.5) is 0 Å². The predicted octanol–water partition coefficient (Wildman–Crippen LogP) is 3.38. The van der Waals surface area contributed by atoms with E-state index in [4.69, 9.17) is 16.3 Å². The maximum absolute atomic E-state index is 12.5. The second-order valence-corrected chi connectivity index (χ2v) is 7.60. The van der Waals surface area contributed by atoms with Crippen LogP contribution in [0.15, 0.2) is 47.6 Å². The number of carbonyl (C=O) groups is 1. The Morgan fingerprint density at radius 1 is 1.29 bits per heavy atom. The first kappa shape index (κ1) is 20.2. The first-order valence-electron chi connectivity index (χ1n) is 8.52. The van der Waals surface area contributed by atoms with Gasteiger partial charge in [0, 0.05) is 18.6 Å². The minimum absolute atomic E-state index is 0.0317. The minimum Gasteiger partial charge on any atom is -0.494 e. The monoisotopic (exact) mass is 417 g/mol. The van der Waals surface area contributed by atoms with E-state index in [9.17, 15) is 4.79 Å². The molecule has 0 saturated carbocycles. The molecule has 0 aliphatic carbocycles. The van der Waals surface area contributed by atoms with E-state index in [1.807, 2.05) is 49.4 Å². The molecule has 0 bridgehead atoms. The third-order valence-electron chi connectivity index (χ3n) is 4.06. The first-order valence-corrected chi connectivity index (χ1v) is 9.89. The van der Waals surface area contributed by atoms with Crippen LogP contribution in [0.25, 0.3) is 5.69 Å². The molecular weight excluding hydrogens is 398 g/mol. The molecule has 0 spiro atoms. The van der Waals surface area contributed by atoms with E-state index in [2.05, 4.69) is 15.5 Å². The van der Waals surface area contributed by atoms with E-state index < -0.39 is 0 Å². The molecule has 146 valence electrons. The average molecular weight is 418 g/mol. The van der Waals surface area contributed by atoms with Gasteiger partial charge in [-0.3, -0.25) is 4.79 Å². The van der Waals surface area contributed by atoms with Gasteiger partial charge < -0.3 is 9.64 Å². The van der Waals surface area contributed by atoms with Gasteiger partial charge in [-0.2, -0.15) is 4.68 Å². The predicted molar refractivity (Wildman–Crippen MR) is 109 cm³/mol. The van der Waals surface area contributed by atoms with Crippen LogP contribution in [-0.2, 0) is 11.3 Å². The zero-order chi connectivity index (χ0) is 20.1. The summed E-state index contributed by atoms with van der Waals surface area (Å²) in [6, 6.07) is 13.2. The lowest BCUT2D eigenvalue weighted by Gasteiger charge is -2.17. The quantitative estimate of drug-likeness (QED) is 0.549. The van der Waals surface area contributed by atoms with Crippen molar-refractivity contribution < 1.29 is 9.53 Å². The number of halogens is 1. The van der Waals surface area contributed by atoms with Gasteiger partial charge in [0.15, 0.2) is 0 Å². The summed E-state index contributed by atoms with van der Waals surface area (Å²) < 4.78 is 6.99. The molecule has 3 rings (SSSR count). The second-order valence-electron chi connectivity index (χ2n) is 6.22. The number of methoxy groups -OCH3 is 1. The molecular formula is C19H20ClN5O2S. The maximum atomic E-state index is 12.5. The summed E-state index contributed by atoms with van der Waals surface area (Å²) in [7, 11) is 3.36. The number of benzene rings is 2. The standard InChI is InChI=1S/C19H20ClN5O2S/c1-13-7-8-17(27-3)16(9-13)25-19(21-22-23-25)28-12-18(26)24(2)11-14-5-4-6-15(20)10-14/h4-10H,11-12H2,1-3H3. The number of nitrogens with zero attached hydrogens (tertiary/aromatic N) is 5. The number of hydrogen-bond donors (Lipinski definition) is 0. The van der Waals surface area contributed by atoms with Gasteiger partial charge in [0.2, 0.25) is 11.1 Å². The summed E-state index contributed by atoms with van der Waals surface area (Å²) in [6.45, 7) is 2.46. The zero-order valence-electron chi connectivity index (χ0n) is 15.8. The van der Waals surface area contributed by atoms with Crippen LogP contribution in [-0.4, -0.2) is 50.9 Å². The summed E-state index contributed by atoms with van der Waals surface area (Å²) in [5.41, 5.74) is 2.76. The fraction of sp³-hybridized carbons (Fsp3) is 0.263. The van der Waals surface area contributed by atoms with Crippen molar-refractivity contribution in [2.24, 2.45) is 0 Å². The van der Waals surface area contributed by atoms with E-state index in [0.717, 1.165) is 16.8 Å². The number of aryl methyl sites for hydroxylation is 1. The molecule has 1 heterocycles. The van der Waals surface area contributed by atoms with Crippen molar-refractivity contribution >= 4 is 29.3 Å². The van der Waals surface area contributed by atoms with Crippen LogP contribution in [0.5, 0.6) is 5.75 Å². The Morgan fingerprint density at radius 3 is 2.86 bits per heavy atom. The van der Waals surface area contributed by atoms with Crippen LogP contribution in [0, 0.1) is 6.92 Å². The van der Waals surface area contributed by atoms with Crippen molar-refractivity contribution in [1.82, 2.24) is 25.1 Å². The van der Waals surface area contributed by atoms with Crippen LogP contribution in [0.1, 0.15) is 11.1 Å². The molecule has 1 aromatic heterocycles. The molecule has 3 aromatic rings. The average Bonchev–Trinajstić information content (AvgIpc) is 3.14. The largest absolute Gasteiger partial charge is 0.494 e. The molecule has 0 saturated heterocycles. The van der Waals surface area contributed by atoms with Crippen LogP contribution in [0.2, 0.25) is 5.02 Å². The lowest BCUT2D eigenvalue weighted by atomic mass is 10.2. The maximum Gasteiger partial charge on any atom is 0.233 e. The number of amides is 1. The summed E-state index contributed by atoms with van der Waals surface area (Å²) in [6.07, 6.45) is 0. The van der Waals surface area contributed by atoms with Gasteiger partial charge >= 0.3 is 0 Å². The van der Waals surface area contributed by atoms with Gasteiger partial charge in [0.05, 0.1) is 12.9 Å². The third kappa shape index (κ3) is 4.82. The SMILES string of the molecule is COc1ccc(C)cc1-n1nnnc1SCC(=O)N(C)Cc1cccc(Cl)c1. The van der Waals surface area contributed by atoms with E-state index in [-0.39, 0.29) is 11.7 Å². The highest BCUT2D eigenvalue weighted by molar-refractivity contribution is 7.99. The number of ether oxygens (including phenoxy) is 1. The third-order valence-corrected chi connectivity index (χ3v) is 5.20. The Balaban J connectivity index is 1.68. The van der Waals surface area contributed by atoms with Crippen molar-refractivity contribution in [1.29, 1.82) is 0 Å². The Bertz CT molecular complexity index is 978. The fourth-order valence-corrected chi connectivity index (χ4v) is 3.66. The van der Waals surface area contributed by atoms with E-state index in [0.29, 0.717) is 22.5 Å². The number of tetrazole rings is 1. The van der Waals surface area contributed by atoms with Gasteiger partial charge in [-0.1, -0.05) is 41.6 Å². The summed E-state index contributed by atoms with van der Waals surface area (Å²) in [5, 5.41) is 13.0. The van der Waals surface area contributed by atoms with Gasteiger partial charge in [0.1, 0.15) is 11.4 Å². The zero-order valence-corrected chi connectivity index (χ0v) is 17.4. The van der Waals surface area contributed by atoms with Gasteiger partial charge in [-0.05, 0) is 52.7 Å². The van der Waals surface area contributed by atoms with Gasteiger partial charge in [0.25, 0.3) is 0 Å². The van der Waals surface area contributed by atoms with E-state index >= 15 is 0 Å². The number of hydrogen-bond acceptors (Lipinski definition) is 6. The van der Waals surface area contributed by atoms with Crippen LogP contribution < -0.4 is 4.74 Å². The smallest absolute Gasteiger partial charge is 0.233 e. The lowest BCUT2D eigenvalue weighted by molar-refractivity contribution is -0.127. The Hall–Kier alpha value is -2.58. The highest BCUT2D eigenvalue weighted by atomic mass is 35.5. The summed E-state index contributed by atoms with van der Waals surface area (Å²) >= 11 is 7.28. The molecule has 0 aliphatic heterocycles. The Labute approximate surface area is 172 Å². The molecule has 0 fully saturated rings. The first-order chi connectivity index (χ1) is 13.5. The Morgan fingerprint density at radius 2 is 2.11 bits per heavy atom. The van der Waals surface area contributed by atoms with Crippen molar-refractivity contribution in [3.05, 3.63) is 58.6 Å². The van der Waals surface area contributed by atoms with Crippen molar-refractivity contribution in [3.63, 3.8) is 0 Å². The van der Waals surface area contributed by atoms with E-state index in [1.165, 1.54) is 11.8 Å². The Kier molecular flexibility index (Phi) is 6.53. The van der Waals surface area contributed by atoms with Crippen molar-refractivity contribution in [2.45, 2.75) is 18.6 Å². The molecule has 0 N–H and O–H groups in total. The highest BCUT2D eigenvalue weighted by Gasteiger charge is 2.17. The van der Waals surface area contributed by atoms with Gasteiger partial charge in [-0.15, -0.1) is 5.10 Å². The normalized spacial score (nSPS) is 10.7. The number of thioether (sulfide) groups is 1. The van der Waals surface area contributed by atoms with Gasteiger partial charge in [-0.25, -0.2) is 0 Å². The molecule has 0 radical (unpaired) electrons. The molecule has 0 aliphatic rings. The summed E-state index contributed by atoms with van der Waals surface area (Å²) in [5.74, 6) is 0.839.